The highest BCUT2D eigenvalue weighted by molar-refractivity contribution is 5.73. The topological polar surface area (TPSA) is 69.8 Å². The molecule has 3 N–H and O–H groups in total. The number of carbonyl (C=O) groups excluding carboxylic acids is 1. The van der Waals surface area contributed by atoms with Crippen LogP contribution in [0.5, 0.6) is 0 Å². The van der Waals surface area contributed by atoms with E-state index in [4.69, 9.17) is 0 Å². The van der Waals surface area contributed by atoms with E-state index in [1.54, 1.807) is 19.6 Å². The predicted octanol–water partition coefficient (Wildman–Crippen LogP) is -0.161. The Morgan fingerprint density at radius 2 is 2.64 bits per heavy atom. The zero-order valence-corrected chi connectivity index (χ0v) is 6.22. The van der Waals surface area contributed by atoms with Crippen molar-refractivity contribution in [1.29, 1.82) is 0 Å². The SMILES string of the molecule is CNC(=O)NCc1c[nH]cn1. The number of imidazole rings is 1. The molecular weight excluding hydrogens is 144 g/mol. The van der Waals surface area contributed by atoms with Crippen molar-refractivity contribution in [3.63, 3.8) is 0 Å². The van der Waals surface area contributed by atoms with Crippen LogP contribution < -0.4 is 10.6 Å². The van der Waals surface area contributed by atoms with Crippen LogP contribution in [0.25, 0.3) is 0 Å². The number of nitrogens with one attached hydrogen (secondary N) is 3. The second-order valence-corrected chi connectivity index (χ2v) is 1.99. The summed E-state index contributed by atoms with van der Waals surface area (Å²) in [6.45, 7) is 0.448. The summed E-state index contributed by atoms with van der Waals surface area (Å²) in [7, 11) is 1.57. The fourth-order valence-corrected chi connectivity index (χ4v) is 0.647. The maximum atomic E-state index is 10.6. The Labute approximate surface area is 64.2 Å². The van der Waals surface area contributed by atoms with Crippen molar-refractivity contribution in [3.8, 4) is 0 Å². The quantitative estimate of drug-likeness (QED) is 0.554. The van der Waals surface area contributed by atoms with Gasteiger partial charge in [0.15, 0.2) is 0 Å². The lowest BCUT2D eigenvalue weighted by Gasteiger charge is -1.99. The highest BCUT2D eigenvalue weighted by atomic mass is 16.2. The summed E-state index contributed by atoms with van der Waals surface area (Å²) in [4.78, 5) is 17.4. The van der Waals surface area contributed by atoms with Gasteiger partial charge in [0, 0.05) is 13.2 Å². The van der Waals surface area contributed by atoms with Gasteiger partial charge >= 0.3 is 6.03 Å². The first-order chi connectivity index (χ1) is 5.33. The van der Waals surface area contributed by atoms with Crippen molar-refractivity contribution >= 4 is 6.03 Å². The summed E-state index contributed by atoms with van der Waals surface area (Å²) >= 11 is 0. The molecule has 2 amide bonds. The molecule has 0 saturated carbocycles. The molecule has 0 aliphatic carbocycles. The van der Waals surface area contributed by atoms with Gasteiger partial charge in [0.25, 0.3) is 0 Å². The Morgan fingerprint density at radius 3 is 3.18 bits per heavy atom. The van der Waals surface area contributed by atoms with Gasteiger partial charge in [0.05, 0.1) is 18.6 Å². The molecule has 0 bridgehead atoms. The number of rotatable bonds is 2. The number of aromatic nitrogens is 2. The molecule has 5 nitrogen and oxygen atoms in total. The van der Waals surface area contributed by atoms with Gasteiger partial charge in [-0.1, -0.05) is 0 Å². The van der Waals surface area contributed by atoms with Gasteiger partial charge in [-0.3, -0.25) is 0 Å². The third-order valence-electron chi connectivity index (χ3n) is 1.21. The predicted molar refractivity (Wildman–Crippen MR) is 39.9 cm³/mol. The zero-order valence-electron chi connectivity index (χ0n) is 6.22. The second kappa shape index (κ2) is 3.60. The third kappa shape index (κ3) is 2.29. The normalized spacial score (nSPS) is 9.18. The molecule has 0 aliphatic rings. The van der Waals surface area contributed by atoms with Crippen LogP contribution in [-0.4, -0.2) is 23.0 Å². The largest absolute Gasteiger partial charge is 0.351 e. The van der Waals surface area contributed by atoms with E-state index >= 15 is 0 Å². The minimum absolute atomic E-state index is 0.201. The summed E-state index contributed by atoms with van der Waals surface area (Å²) in [5.41, 5.74) is 0.814. The monoisotopic (exact) mass is 154 g/mol. The lowest BCUT2D eigenvalue weighted by Crippen LogP contribution is -2.32. The molecule has 11 heavy (non-hydrogen) atoms. The van der Waals surface area contributed by atoms with E-state index in [0.717, 1.165) is 5.69 Å². The summed E-state index contributed by atoms with van der Waals surface area (Å²) in [5, 5.41) is 5.04. The Hall–Kier alpha value is -1.52. The van der Waals surface area contributed by atoms with Crippen molar-refractivity contribution in [2.75, 3.05) is 7.05 Å². The summed E-state index contributed by atoms with van der Waals surface area (Å²) < 4.78 is 0. The van der Waals surface area contributed by atoms with E-state index in [9.17, 15) is 4.79 Å². The molecule has 1 aromatic rings. The number of hydrogen-bond donors (Lipinski definition) is 3. The van der Waals surface area contributed by atoms with Crippen LogP contribution in [0.1, 0.15) is 5.69 Å². The Bertz CT molecular complexity index is 218. The molecule has 1 heterocycles. The first-order valence-electron chi connectivity index (χ1n) is 3.26. The highest BCUT2D eigenvalue weighted by Crippen LogP contribution is 1.87. The van der Waals surface area contributed by atoms with Crippen LogP contribution >= 0.6 is 0 Å². The third-order valence-corrected chi connectivity index (χ3v) is 1.21. The van der Waals surface area contributed by atoms with E-state index in [2.05, 4.69) is 20.6 Å². The van der Waals surface area contributed by atoms with Gasteiger partial charge in [-0.15, -0.1) is 0 Å². The maximum absolute atomic E-state index is 10.6. The van der Waals surface area contributed by atoms with Gasteiger partial charge in [0.2, 0.25) is 0 Å². The Balaban J connectivity index is 2.29. The molecule has 0 aliphatic heterocycles. The zero-order chi connectivity index (χ0) is 8.10. The van der Waals surface area contributed by atoms with Crippen LogP contribution in [0.15, 0.2) is 12.5 Å². The summed E-state index contributed by atoms with van der Waals surface area (Å²) in [5.74, 6) is 0. The number of nitrogens with zero attached hydrogens (tertiary/aromatic N) is 1. The van der Waals surface area contributed by atoms with Crippen LogP contribution in [0, 0.1) is 0 Å². The fourth-order valence-electron chi connectivity index (χ4n) is 0.647. The van der Waals surface area contributed by atoms with Gasteiger partial charge in [-0.05, 0) is 0 Å². The van der Waals surface area contributed by atoms with Gasteiger partial charge in [0.1, 0.15) is 0 Å². The minimum atomic E-state index is -0.201. The van der Waals surface area contributed by atoms with E-state index in [1.165, 1.54) is 0 Å². The molecule has 1 rings (SSSR count). The van der Waals surface area contributed by atoms with Crippen LogP contribution in [0.3, 0.4) is 0 Å². The number of amides is 2. The molecule has 1 aromatic heterocycles. The molecule has 0 unspecified atom stereocenters. The average Bonchev–Trinajstić information content (AvgIpc) is 2.52. The number of urea groups is 1. The molecular formula is C6H10N4O. The van der Waals surface area contributed by atoms with Crippen molar-refractivity contribution in [1.82, 2.24) is 20.6 Å². The van der Waals surface area contributed by atoms with Gasteiger partial charge < -0.3 is 15.6 Å². The molecule has 5 heteroatoms. The van der Waals surface area contributed by atoms with Crippen molar-refractivity contribution in [3.05, 3.63) is 18.2 Å². The molecule has 0 saturated heterocycles. The standard InChI is InChI=1S/C6H10N4O/c1-7-6(11)9-3-5-2-8-4-10-5/h2,4H,3H2,1H3,(H,8,10)(H2,7,9,11). The number of carbonyl (C=O) groups is 1. The molecule has 0 atom stereocenters. The summed E-state index contributed by atoms with van der Waals surface area (Å²) in [6, 6.07) is -0.201. The van der Waals surface area contributed by atoms with Gasteiger partial charge in [-0.25, -0.2) is 9.78 Å². The Kier molecular flexibility index (Phi) is 2.48. The lowest BCUT2D eigenvalue weighted by atomic mass is 10.5. The van der Waals surface area contributed by atoms with E-state index in [1.807, 2.05) is 0 Å². The molecule has 0 aromatic carbocycles. The highest BCUT2D eigenvalue weighted by Gasteiger charge is 1.96. The second-order valence-electron chi connectivity index (χ2n) is 1.99. The van der Waals surface area contributed by atoms with Crippen LogP contribution in [0.2, 0.25) is 0 Å². The minimum Gasteiger partial charge on any atom is -0.351 e. The smallest absolute Gasteiger partial charge is 0.314 e. The summed E-state index contributed by atoms with van der Waals surface area (Å²) in [6.07, 6.45) is 3.30. The average molecular weight is 154 g/mol. The van der Waals surface area contributed by atoms with E-state index in [-0.39, 0.29) is 6.03 Å². The molecule has 60 valence electrons. The molecule has 0 spiro atoms. The Morgan fingerprint density at radius 1 is 1.82 bits per heavy atom. The van der Waals surface area contributed by atoms with Gasteiger partial charge in [-0.2, -0.15) is 0 Å². The molecule has 0 radical (unpaired) electrons. The number of hydrogen-bond acceptors (Lipinski definition) is 2. The van der Waals surface area contributed by atoms with E-state index < -0.39 is 0 Å². The van der Waals surface area contributed by atoms with Crippen LogP contribution in [-0.2, 0) is 6.54 Å². The number of H-pyrrole nitrogens is 1. The van der Waals surface area contributed by atoms with E-state index in [0.29, 0.717) is 6.54 Å². The lowest BCUT2D eigenvalue weighted by molar-refractivity contribution is 0.242. The molecule has 0 fully saturated rings. The van der Waals surface area contributed by atoms with Crippen molar-refractivity contribution in [2.24, 2.45) is 0 Å². The first kappa shape index (κ1) is 7.59. The van der Waals surface area contributed by atoms with Crippen LogP contribution in [0.4, 0.5) is 4.79 Å². The van der Waals surface area contributed by atoms with Crippen molar-refractivity contribution in [2.45, 2.75) is 6.54 Å². The van der Waals surface area contributed by atoms with Crippen molar-refractivity contribution < 1.29 is 4.79 Å². The fraction of sp³-hybridized carbons (Fsp3) is 0.333. The number of aromatic amines is 1. The maximum Gasteiger partial charge on any atom is 0.314 e. The first-order valence-corrected chi connectivity index (χ1v) is 3.26.